The Morgan fingerprint density at radius 3 is 2.57 bits per heavy atom. The number of thioether (sulfide) groups is 1. The van der Waals surface area contributed by atoms with E-state index in [1.54, 1.807) is 9.47 Å². The zero-order chi connectivity index (χ0) is 24.9. The number of carbonyl (C=O) groups excluding carboxylic acids is 1. The van der Waals surface area contributed by atoms with Gasteiger partial charge in [-0.05, 0) is 50.7 Å². The van der Waals surface area contributed by atoms with Crippen LogP contribution in [0.1, 0.15) is 75.0 Å². The predicted molar refractivity (Wildman–Crippen MR) is 145 cm³/mol. The highest BCUT2D eigenvalue weighted by Crippen LogP contribution is 2.37. The summed E-state index contributed by atoms with van der Waals surface area (Å²) >= 11 is 6.85. The van der Waals surface area contributed by atoms with Crippen molar-refractivity contribution in [3.8, 4) is 6.07 Å². The molecule has 0 saturated carbocycles. The number of carbonyl (C=O) groups is 1. The van der Waals surface area contributed by atoms with E-state index >= 15 is 0 Å². The van der Waals surface area contributed by atoms with E-state index in [0.29, 0.717) is 27.9 Å². The highest BCUT2D eigenvalue weighted by molar-refractivity contribution is 8.26. The fourth-order valence-corrected chi connectivity index (χ4v) is 6.33. The fourth-order valence-electron chi connectivity index (χ4n) is 5.07. The molecule has 188 valence electrons. The average Bonchev–Trinajstić information content (AvgIpc) is 3.34. The number of hydrogen-bond acceptors (Lipinski definition) is 7. The Labute approximate surface area is 217 Å². The number of pyridine rings is 1. The van der Waals surface area contributed by atoms with Crippen molar-refractivity contribution in [1.82, 2.24) is 9.47 Å². The molecule has 9 heteroatoms. The number of ether oxygens (including phenoxy) is 1. The number of rotatable bonds is 7. The summed E-state index contributed by atoms with van der Waals surface area (Å²) in [5.74, 6) is 0.716. The van der Waals surface area contributed by atoms with Gasteiger partial charge in [-0.25, -0.2) is 0 Å². The van der Waals surface area contributed by atoms with Crippen molar-refractivity contribution in [2.45, 2.75) is 77.9 Å². The third kappa shape index (κ3) is 5.50. The molecule has 0 aromatic carbocycles. The number of amides is 1. The summed E-state index contributed by atoms with van der Waals surface area (Å²) in [6.07, 6.45) is 10.1. The minimum atomic E-state index is -0.235. The topological polar surface area (TPSA) is 78.6 Å². The second-order valence-corrected chi connectivity index (χ2v) is 11.2. The van der Waals surface area contributed by atoms with Crippen LogP contribution in [-0.4, -0.2) is 52.0 Å². The zero-order valence-electron chi connectivity index (χ0n) is 20.7. The Morgan fingerprint density at radius 1 is 1.20 bits per heavy atom. The molecule has 3 saturated heterocycles. The van der Waals surface area contributed by atoms with Gasteiger partial charge in [0.05, 0.1) is 17.6 Å². The smallest absolute Gasteiger partial charge is 0.270 e. The molecular weight excluding hydrogens is 480 g/mol. The second kappa shape index (κ2) is 11.7. The molecule has 3 fully saturated rings. The third-order valence-corrected chi connectivity index (χ3v) is 8.42. The molecule has 0 bridgehead atoms. The largest absolute Gasteiger partial charge is 0.376 e. The van der Waals surface area contributed by atoms with Gasteiger partial charge in [0.2, 0.25) is 0 Å². The molecule has 0 N–H and O–H groups in total. The molecule has 7 nitrogen and oxygen atoms in total. The SMILES string of the molecule is CCCCn1c(N2CCCCCC2)c(C=C2SC(=S)N(CC3CCCO3)C2=O)c(C)c(C#N)c1=O. The maximum absolute atomic E-state index is 13.4. The van der Waals surface area contributed by atoms with Gasteiger partial charge in [-0.3, -0.25) is 19.1 Å². The highest BCUT2D eigenvalue weighted by Gasteiger charge is 2.35. The second-order valence-electron chi connectivity index (χ2n) is 9.49. The van der Waals surface area contributed by atoms with E-state index in [4.69, 9.17) is 17.0 Å². The number of thiocarbonyl (C=S) groups is 1. The van der Waals surface area contributed by atoms with Gasteiger partial charge in [0.25, 0.3) is 11.5 Å². The van der Waals surface area contributed by atoms with Crippen LogP contribution in [0.3, 0.4) is 0 Å². The monoisotopic (exact) mass is 514 g/mol. The van der Waals surface area contributed by atoms with Crippen LogP contribution in [0.5, 0.6) is 0 Å². The molecule has 35 heavy (non-hydrogen) atoms. The molecule has 1 unspecified atom stereocenters. The van der Waals surface area contributed by atoms with Gasteiger partial charge >= 0.3 is 0 Å². The van der Waals surface area contributed by atoms with Gasteiger partial charge in [0.15, 0.2) is 0 Å². The quantitative estimate of drug-likeness (QED) is 0.389. The molecule has 1 aromatic heterocycles. The molecule has 0 aliphatic carbocycles. The number of unbranched alkanes of at least 4 members (excludes halogenated alkanes) is 1. The lowest BCUT2D eigenvalue weighted by molar-refractivity contribution is -0.123. The maximum Gasteiger partial charge on any atom is 0.270 e. The molecule has 1 atom stereocenters. The Hall–Kier alpha value is -2.15. The van der Waals surface area contributed by atoms with Crippen LogP contribution in [0.15, 0.2) is 9.70 Å². The molecule has 3 aliphatic rings. The van der Waals surface area contributed by atoms with Crippen molar-refractivity contribution >= 4 is 46.1 Å². The van der Waals surface area contributed by atoms with Crippen molar-refractivity contribution in [2.24, 2.45) is 0 Å². The van der Waals surface area contributed by atoms with Crippen LogP contribution in [0, 0.1) is 18.3 Å². The summed E-state index contributed by atoms with van der Waals surface area (Å²) in [7, 11) is 0. The summed E-state index contributed by atoms with van der Waals surface area (Å²) in [4.78, 5) is 31.3. The number of aromatic nitrogens is 1. The van der Waals surface area contributed by atoms with E-state index < -0.39 is 0 Å². The first kappa shape index (κ1) is 25.9. The number of anilines is 1. The fraction of sp³-hybridized carbons (Fsp3) is 0.615. The van der Waals surface area contributed by atoms with E-state index in [2.05, 4.69) is 17.9 Å². The predicted octanol–water partition coefficient (Wildman–Crippen LogP) is 4.59. The van der Waals surface area contributed by atoms with E-state index in [-0.39, 0.29) is 23.1 Å². The molecule has 1 amide bonds. The summed E-state index contributed by atoms with van der Waals surface area (Å²) in [5.41, 5.74) is 1.34. The standard InChI is InChI=1S/C26H34N4O3S2/c1-3-4-13-29-23(28-11-7-5-6-8-12-28)20(18(2)21(16-27)24(29)31)15-22-25(32)30(26(34)35-22)17-19-10-9-14-33-19/h15,19H,3-14,17H2,1-2H3. The lowest BCUT2D eigenvalue weighted by Gasteiger charge is -2.29. The lowest BCUT2D eigenvalue weighted by atomic mass is 10.0. The molecule has 4 heterocycles. The summed E-state index contributed by atoms with van der Waals surface area (Å²) < 4.78 is 8.04. The van der Waals surface area contributed by atoms with Gasteiger partial charge in [0, 0.05) is 31.8 Å². The van der Waals surface area contributed by atoms with E-state index in [1.807, 2.05) is 13.0 Å². The van der Waals surface area contributed by atoms with Crippen molar-refractivity contribution < 1.29 is 9.53 Å². The van der Waals surface area contributed by atoms with Crippen LogP contribution in [-0.2, 0) is 16.1 Å². The molecule has 1 aromatic rings. The first-order valence-corrected chi connectivity index (χ1v) is 14.0. The Kier molecular flexibility index (Phi) is 8.68. The molecule has 4 rings (SSSR count). The van der Waals surface area contributed by atoms with Crippen LogP contribution in [0.4, 0.5) is 5.82 Å². The summed E-state index contributed by atoms with van der Waals surface area (Å²) in [5, 5.41) is 9.86. The van der Waals surface area contributed by atoms with Gasteiger partial charge in [-0.1, -0.05) is 50.2 Å². The number of hydrogen-bond donors (Lipinski definition) is 0. The molecule has 0 radical (unpaired) electrons. The Balaban J connectivity index is 1.81. The van der Waals surface area contributed by atoms with Crippen LogP contribution in [0.25, 0.3) is 6.08 Å². The van der Waals surface area contributed by atoms with Crippen molar-refractivity contribution in [1.29, 1.82) is 5.26 Å². The van der Waals surface area contributed by atoms with E-state index in [1.165, 1.54) is 24.6 Å². The minimum absolute atomic E-state index is 0.0207. The van der Waals surface area contributed by atoms with E-state index in [9.17, 15) is 14.9 Å². The van der Waals surface area contributed by atoms with Gasteiger partial charge in [-0.2, -0.15) is 5.26 Å². The normalized spacial score (nSPS) is 22.2. The molecule has 3 aliphatic heterocycles. The van der Waals surface area contributed by atoms with Crippen LogP contribution >= 0.6 is 24.0 Å². The summed E-state index contributed by atoms with van der Waals surface area (Å²) in [6, 6.07) is 2.14. The highest BCUT2D eigenvalue weighted by atomic mass is 32.2. The van der Waals surface area contributed by atoms with Gasteiger partial charge in [0.1, 0.15) is 21.8 Å². The van der Waals surface area contributed by atoms with Crippen LogP contribution in [0.2, 0.25) is 0 Å². The molecular formula is C26H34N4O3S2. The van der Waals surface area contributed by atoms with Gasteiger partial charge < -0.3 is 9.64 Å². The maximum atomic E-state index is 13.4. The first-order chi connectivity index (χ1) is 17.0. The Morgan fingerprint density at radius 2 is 1.94 bits per heavy atom. The minimum Gasteiger partial charge on any atom is -0.376 e. The zero-order valence-corrected chi connectivity index (χ0v) is 22.3. The average molecular weight is 515 g/mol. The van der Waals surface area contributed by atoms with E-state index in [0.717, 1.165) is 69.6 Å². The van der Waals surface area contributed by atoms with Crippen molar-refractivity contribution in [3.05, 3.63) is 31.9 Å². The number of nitriles is 1. The number of nitrogens with zero attached hydrogens (tertiary/aromatic N) is 4. The van der Waals surface area contributed by atoms with Gasteiger partial charge in [-0.15, -0.1) is 0 Å². The summed E-state index contributed by atoms with van der Waals surface area (Å²) in [6.45, 7) is 7.39. The third-order valence-electron chi connectivity index (χ3n) is 7.05. The molecule has 0 spiro atoms. The van der Waals surface area contributed by atoms with Crippen molar-refractivity contribution in [2.75, 3.05) is 31.1 Å². The van der Waals surface area contributed by atoms with Crippen LogP contribution < -0.4 is 10.5 Å². The van der Waals surface area contributed by atoms with Crippen molar-refractivity contribution in [3.63, 3.8) is 0 Å². The Bertz CT molecular complexity index is 1110. The first-order valence-electron chi connectivity index (χ1n) is 12.8. The lowest BCUT2D eigenvalue weighted by Crippen LogP contribution is -2.36.